The number of ether oxygens (including phenoxy) is 1. The highest BCUT2D eigenvalue weighted by molar-refractivity contribution is 6.00. The first-order valence-corrected chi connectivity index (χ1v) is 9.76. The Balaban J connectivity index is 1.53. The molecule has 2 heterocycles. The molecule has 1 fully saturated rings. The summed E-state index contributed by atoms with van der Waals surface area (Å²) in [6.07, 6.45) is 6.70. The molecule has 1 aliphatic carbocycles. The predicted octanol–water partition coefficient (Wildman–Crippen LogP) is 5.66. The van der Waals surface area contributed by atoms with Gasteiger partial charge < -0.3 is 15.5 Å². The van der Waals surface area contributed by atoms with E-state index in [1.807, 2.05) is 60.8 Å². The van der Waals surface area contributed by atoms with Gasteiger partial charge in [-0.2, -0.15) is 0 Å². The molecule has 5 heteroatoms. The van der Waals surface area contributed by atoms with Crippen LogP contribution in [-0.4, -0.2) is 15.0 Å². The Morgan fingerprint density at radius 2 is 1.61 bits per heavy atom. The van der Waals surface area contributed by atoms with Crippen molar-refractivity contribution in [2.75, 3.05) is 5.73 Å². The zero-order chi connectivity index (χ0) is 18.9. The van der Waals surface area contributed by atoms with Crippen molar-refractivity contribution in [3.63, 3.8) is 0 Å². The Morgan fingerprint density at radius 3 is 2.36 bits per heavy atom. The van der Waals surface area contributed by atoms with Crippen LogP contribution in [0.25, 0.3) is 22.2 Å². The normalized spacial score (nSPS) is 14.6. The number of H-pyrrole nitrogens is 1. The smallest absolute Gasteiger partial charge is 0.132 e. The van der Waals surface area contributed by atoms with Crippen molar-refractivity contribution in [3.8, 4) is 22.8 Å². The summed E-state index contributed by atoms with van der Waals surface area (Å²) in [4.78, 5) is 12.8. The topological polar surface area (TPSA) is 76.8 Å². The molecule has 0 aliphatic heterocycles. The van der Waals surface area contributed by atoms with Crippen LogP contribution in [0.5, 0.6) is 11.5 Å². The number of nitrogens with two attached hydrogens (primary N) is 1. The number of aromatic nitrogens is 3. The molecule has 2 aromatic carbocycles. The number of benzene rings is 2. The van der Waals surface area contributed by atoms with E-state index in [1.54, 1.807) is 0 Å². The van der Waals surface area contributed by atoms with Gasteiger partial charge >= 0.3 is 0 Å². The van der Waals surface area contributed by atoms with Gasteiger partial charge in [-0.05, 0) is 49.2 Å². The van der Waals surface area contributed by atoms with E-state index in [0.29, 0.717) is 11.7 Å². The molecule has 0 radical (unpaired) electrons. The van der Waals surface area contributed by atoms with Gasteiger partial charge in [0, 0.05) is 17.7 Å². The Labute approximate surface area is 163 Å². The minimum absolute atomic E-state index is 0.444. The zero-order valence-electron chi connectivity index (χ0n) is 15.6. The third-order valence-electron chi connectivity index (χ3n) is 5.42. The van der Waals surface area contributed by atoms with Crippen molar-refractivity contribution in [1.82, 2.24) is 15.0 Å². The zero-order valence-corrected chi connectivity index (χ0v) is 15.6. The van der Waals surface area contributed by atoms with Crippen molar-refractivity contribution in [1.29, 1.82) is 0 Å². The van der Waals surface area contributed by atoms with Gasteiger partial charge in [-0.1, -0.05) is 31.0 Å². The summed E-state index contributed by atoms with van der Waals surface area (Å²) in [5, 5.41) is 0.887. The summed E-state index contributed by atoms with van der Waals surface area (Å²) in [5.74, 6) is 3.59. The van der Waals surface area contributed by atoms with E-state index in [-0.39, 0.29) is 0 Å². The van der Waals surface area contributed by atoms with Gasteiger partial charge in [0.25, 0.3) is 0 Å². The maximum atomic E-state index is 6.19. The second-order valence-corrected chi connectivity index (χ2v) is 7.31. The van der Waals surface area contributed by atoms with E-state index in [9.17, 15) is 0 Å². The van der Waals surface area contributed by atoms with Crippen LogP contribution in [0, 0.1) is 0 Å². The van der Waals surface area contributed by atoms with Gasteiger partial charge in [-0.25, -0.2) is 9.97 Å². The Hall–Kier alpha value is -3.34. The quantitative estimate of drug-likeness (QED) is 0.486. The van der Waals surface area contributed by atoms with Gasteiger partial charge in [-0.15, -0.1) is 0 Å². The fourth-order valence-corrected chi connectivity index (χ4v) is 3.97. The lowest BCUT2D eigenvalue weighted by molar-refractivity contribution is 0.483. The molecule has 5 nitrogen and oxygen atoms in total. The highest BCUT2D eigenvalue weighted by atomic mass is 16.5. The third kappa shape index (κ3) is 3.09. The second-order valence-electron chi connectivity index (χ2n) is 7.31. The molecule has 3 N–H and O–H groups in total. The highest BCUT2D eigenvalue weighted by Crippen LogP contribution is 2.37. The molecular weight excluding hydrogens is 348 g/mol. The second kappa shape index (κ2) is 7.00. The van der Waals surface area contributed by atoms with Crippen molar-refractivity contribution in [2.24, 2.45) is 0 Å². The maximum absolute atomic E-state index is 6.19. The van der Waals surface area contributed by atoms with E-state index in [2.05, 4.69) is 4.98 Å². The molecule has 1 aliphatic rings. The summed E-state index contributed by atoms with van der Waals surface area (Å²) in [5.41, 5.74) is 8.97. The molecule has 140 valence electrons. The number of nitrogens with one attached hydrogen (secondary N) is 1. The predicted molar refractivity (Wildman–Crippen MR) is 111 cm³/mol. The molecule has 0 atom stereocenters. The lowest BCUT2D eigenvalue weighted by Crippen LogP contribution is -2.03. The first-order chi connectivity index (χ1) is 13.8. The number of nitrogen functional groups attached to an aromatic ring is 1. The van der Waals surface area contributed by atoms with Crippen LogP contribution in [0.1, 0.15) is 37.4 Å². The molecule has 0 amide bonds. The van der Waals surface area contributed by atoms with E-state index in [4.69, 9.17) is 20.4 Å². The first kappa shape index (κ1) is 16.8. The fraction of sp³-hybridized carbons (Fsp3) is 0.217. The van der Waals surface area contributed by atoms with Crippen molar-refractivity contribution >= 4 is 16.7 Å². The maximum Gasteiger partial charge on any atom is 0.132 e. The molecule has 0 spiro atoms. The average molecular weight is 370 g/mol. The first-order valence-electron chi connectivity index (χ1n) is 9.76. The molecule has 28 heavy (non-hydrogen) atoms. The van der Waals surface area contributed by atoms with Crippen molar-refractivity contribution in [3.05, 3.63) is 66.6 Å². The van der Waals surface area contributed by atoms with Gasteiger partial charge in [0.2, 0.25) is 0 Å². The van der Waals surface area contributed by atoms with Gasteiger partial charge in [-0.3, -0.25) is 0 Å². The average Bonchev–Trinajstić information content (AvgIpc) is 3.39. The monoisotopic (exact) mass is 370 g/mol. The lowest BCUT2D eigenvalue weighted by atomic mass is 10.0. The molecular formula is C23H22N4O. The molecule has 0 saturated heterocycles. The summed E-state index contributed by atoms with van der Waals surface area (Å²) in [7, 11) is 0. The van der Waals surface area contributed by atoms with Gasteiger partial charge in [0.05, 0.1) is 16.6 Å². The highest BCUT2D eigenvalue weighted by Gasteiger charge is 2.23. The number of para-hydroxylation sites is 1. The SMILES string of the molecule is Nc1[nH]cc2nc(C3CCCC3)nc(-c3ccc(Oc4ccccc4)cc3)c12. The fourth-order valence-electron chi connectivity index (χ4n) is 3.97. The number of aromatic amines is 1. The lowest BCUT2D eigenvalue weighted by Gasteiger charge is -2.12. The number of hydrogen-bond donors (Lipinski definition) is 2. The van der Waals surface area contributed by atoms with Crippen LogP contribution in [0.15, 0.2) is 60.8 Å². The number of hydrogen-bond acceptors (Lipinski definition) is 4. The van der Waals surface area contributed by atoms with Gasteiger partial charge in [0.1, 0.15) is 23.1 Å². The van der Waals surface area contributed by atoms with E-state index < -0.39 is 0 Å². The molecule has 2 aromatic heterocycles. The van der Waals surface area contributed by atoms with Crippen LogP contribution in [0.4, 0.5) is 5.82 Å². The van der Waals surface area contributed by atoms with Gasteiger partial charge in [0.15, 0.2) is 0 Å². The Kier molecular flexibility index (Phi) is 4.20. The molecule has 0 unspecified atom stereocenters. The van der Waals surface area contributed by atoms with E-state index in [1.165, 1.54) is 12.8 Å². The number of nitrogens with zero attached hydrogens (tertiary/aromatic N) is 2. The molecule has 4 aromatic rings. The summed E-state index contributed by atoms with van der Waals surface area (Å²) < 4.78 is 5.91. The van der Waals surface area contributed by atoms with E-state index in [0.717, 1.165) is 52.3 Å². The van der Waals surface area contributed by atoms with Crippen LogP contribution in [0.2, 0.25) is 0 Å². The van der Waals surface area contributed by atoms with Crippen molar-refractivity contribution in [2.45, 2.75) is 31.6 Å². The van der Waals surface area contributed by atoms with Crippen LogP contribution in [-0.2, 0) is 0 Å². The van der Waals surface area contributed by atoms with Crippen molar-refractivity contribution < 1.29 is 4.74 Å². The number of rotatable bonds is 4. The molecule has 1 saturated carbocycles. The molecule has 5 rings (SSSR count). The number of anilines is 1. The van der Waals surface area contributed by atoms with Crippen LogP contribution >= 0.6 is 0 Å². The van der Waals surface area contributed by atoms with Crippen LogP contribution < -0.4 is 10.5 Å². The standard InChI is InChI=1S/C23H22N4O/c24-22-20-19(14-25-22)26-23(16-6-4-5-7-16)27-21(20)15-10-12-18(13-11-15)28-17-8-2-1-3-9-17/h1-3,8-14,16,25H,4-7,24H2. The largest absolute Gasteiger partial charge is 0.457 e. The minimum Gasteiger partial charge on any atom is -0.457 e. The third-order valence-corrected chi connectivity index (χ3v) is 5.42. The molecule has 0 bridgehead atoms. The number of fused-ring (bicyclic) bond motifs is 1. The summed E-state index contributed by atoms with van der Waals surface area (Å²) in [6.45, 7) is 0. The summed E-state index contributed by atoms with van der Waals surface area (Å²) >= 11 is 0. The Morgan fingerprint density at radius 1 is 0.893 bits per heavy atom. The minimum atomic E-state index is 0.444. The van der Waals surface area contributed by atoms with Crippen LogP contribution in [0.3, 0.4) is 0 Å². The summed E-state index contributed by atoms with van der Waals surface area (Å²) in [6, 6.07) is 17.8. The Bertz CT molecular complexity index is 1100. The van der Waals surface area contributed by atoms with E-state index >= 15 is 0 Å².